The summed E-state index contributed by atoms with van der Waals surface area (Å²) in [4.78, 5) is 14.1. The summed E-state index contributed by atoms with van der Waals surface area (Å²) in [6.07, 6.45) is 2.09. The van der Waals surface area contributed by atoms with Gasteiger partial charge in [-0.15, -0.1) is 0 Å². The van der Waals surface area contributed by atoms with Gasteiger partial charge in [0.2, 0.25) is 15.9 Å². The average Bonchev–Trinajstić information content (AvgIpc) is 2.74. The fraction of sp³-hybridized carbons (Fsp3) is 0.632. The van der Waals surface area contributed by atoms with Gasteiger partial charge in [0.1, 0.15) is 0 Å². The SMILES string of the molecule is CC(C)C(=O)N1CC[C@@H]2CN(CCc3ccccc3)S(=O)(=O)[C@@H]2CC1. The molecule has 1 aromatic carbocycles. The number of hydrogen-bond donors (Lipinski definition) is 0. The fourth-order valence-electron chi connectivity index (χ4n) is 4.00. The summed E-state index contributed by atoms with van der Waals surface area (Å²) in [5.74, 6) is 0.251. The van der Waals surface area contributed by atoms with E-state index >= 15 is 0 Å². The van der Waals surface area contributed by atoms with Crippen molar-refractivity contribution < 1.29 is 13.2 Å². The van der Waals surface area contributed by atoms with Crippen LogP contribution in [-0.2, 0) is 21.2 Å². The molecule has 5 nitrogen and oxygen atoms in total. The van der Waals surface area contributed by atoms with E-state index in [9.17, 15) is 13.2 Å². The van der Waals surface area contributed by atoms with E-state index in [1.807, 2.05) is 49.1 Å². The summed E-state index contributed by atoms with van der Waals surface area (Å²) >= 11 is 0. The van der Waals surface area contributed by atoms with Gasteiger partial charge in [-0.3, -0.25) is 4.79 Å². The van der Waals surface area contributed by atoms with Crippen molar-refractivity contribution in [2.24, 2.45) is 11.8 Å². The number of fused-ring (bicyclic) bond motifs is 1. The number of sulfonamides is 1. The Morgan fingerprint density at radius 2 is 1.84 bits per heavy atom. The molecule has 2 fully saturated rings. The molecule has 2 saturated heterocycles. The van der Waals surface area contributed by atoms with Crippen LogP contribution in [-0.4, -0.2) is 55.0 Å². The first-order valence-electron chi connectivity index (χ1n) is 9.21. The quantitative estimate of drug-likeness (QED) is 0.822. The van der Waals surface area contributed by atoms with E-state index in [1.54, 1.807) is 4.31 Å². The van der Waals surface area contributed by atoms with Gasteiger partial charge in [0.25, 0.3) is 0 Å². The number of carbonyl (C=O) groups excluding carboxylic acids is 1. The molecular formula is C19H28N2O3S. The Morgan fingerprint density at radius 3 is 2.52 bits per heavy atom. The Morgan fingerprint density at radius 1 is 1.16 bits per heavy atom. The number of amides is 1. The van der Waals surface area contributed by atoms with Gasteiger partial charge in [-0.2, -0.15) is 0 Å². The monoisotopic (exact) mass is 364 g/mol. The second-order valence-electron chi connectivity index (χ2n) is 7.49. The topological polar surface area (TPSA) is 57.7 Å². The van der Waals surface area contributed by atoms with Crippen LogP contribution < -0.4 is 0 Å². The Balaban J connectivity index is 1.64. The lowest BCUT2D eigenvalue weighted by molar-refractivity contribution is -0.134. The third kappa shape index (κ3) is 3.90. The number of nitrogens with zero attached hydrogens (tertiary/aromatic N) is 2. The lowest BCUT2D eigenvalue weighted by Crippen LogP contribution is -2.37. The van der Waals surface area contributed by atoms with Crippen LogP contribution in [0.4, 0.5) is 0 Å². The van der Waals surface area contributed by atoms with Crippen molar-refractivity contribution in [3.63, 3.8) is 0 Å². The highest BCUT2D eigenvalue weighted by Crippen LogP contribution is 2.34. The molecule has 25 heavy (non-hydrogen) atoms. The molecule has 0 N–H and O–H groups in total. The molecule has 0 aliphatic carbocycles. The van der Waals surface area contributed by atoms with E-state index in [0.717, 1.165) is 12.8 Å². The van der Waals surface area contributed by atoms with Crippen LogP contribution >= 0.6 is 0 Å². The summed E-state index contributed by atoms with van der Waals surface area (Å²) in [5, 5.41) is -0.326. The number of benzene rings is 1. The van der Waals surface area contributed by atoms with Crippen molar-refractivity contribution in [2.45, 2.75) is 38.4 Å². The highest BCUT2D eigenvalue weighted by atomic mass is 32.2. The van der Waals surface area contributed by atoms with Crippen molar-refractivity contribution in [3.8, 4) is 0 Å². The maximum atomic E-state index is 12.9. The normalized spacial score (nSPS) is 26.4. The van der Waals surface area contributed by atoms with Gasteiger partial charge in [0, 0.05) is 32.1 Å². The molecule has 0 bridgehead atoms. The van der Waals surface area contributed by atoms with Crippen LogP contribution in [0.15, 0.2) is 30.3 Å². The summed E-state index contributed by atoms with van der Waals surface area (Å²) in [5.41, 5.74) is 1.17. The molecule has 6 heteroatoms. The Hall–Kier alpha value is -1.40. The molecule has 2 aliphatic rings. The standard InChI is InChI=1S/C19H28N2O3S/c1-15(2)19(22)20-11-9-17-14-21(25(23,24)18(17)10-12-20)13-8-16-6-4-3-5-7-16/h3-7,15,17-18H,8-14H2,1-2H3/t17-,18-/m1/s1. The molecule has 1 aromatic rings. The van der Waals surface area contributed by atoms with Crippen molar-refractivity contribution in [3.05, 3.63) is 35.9 Å². The third-order valence-corrected chi connectivity index (χ3v) is 7.90. The molecule has 0 unspecified atom stereocenters. The Bertz CT molecular complexity index is 703. The molecule has 0 radical (unpaired) electrons. The van der Waals surface area contributed by atoms with Crippen LogP contribution in [0.25, 0.3) is 0 Å². The number of hydrogen-bond acceptors (Lipinski definition) is 3. The fourth-order valence-corrected chi connectivity index (χ4v) is 6.24. The highest BCUT2D eigenvalue weighted by molar-refractivity contribution is 7.90. The molecule has 2 aliphatic heterocycles. The summed E-state index contributed by atoms with van der Waals surface area (Å²) in [7, 11) is -3.26. The lowest BCUT2D eigenvalue weighted by Gasteiger charge is -2.23. The minimum absolute atomic E-state index is 0.0306. The third-order valence-electron chi connectivity index (χ3n) is 5.46. The van der Waals surface area contributed by atoms with Crippen LogP contribution in [0.2, 0.25) is 0 Å². The first-order valence-corrected chi connectivity index (χ1v) is 10.7. The average molecular weight is 365 g/mol. The zero-order valence-corrected chi connectivity index (χ0v) is 15.9. The van der Waals surface area contributed by atoms with Crippen LogP contribution in [0, 0.1) is 11.8 Å². The molecule has 138 valence electrons. The second-order valence-corrected chi connectivity index (χ2v) is 9.65. The van der Waals surface area contributed by atoms with Crippen molar-refractivity contribution in [2.75, 3.05) is 26.2 Å². The zero-order valence-electron chi connectivity index (χ0n) is 15.1. The lowest BCUT2D eigenvalue weighted by atomic mass is 10.0. The van der Waals surface area contributed by atoms with Crippen molar-refractivity contribution in [1.82, 2.24) is 9.21 Å². The largest absolute Gasteiger partial charge is 0.342 e. The van der Waals surface area contributed by atoms with E-state index in [0.29, 0.717) is 32.6 Å². The first kappa shape index (κ1) is 18.4. The predicted molar refractivity (Wildman–Crippen MR) is 98.6 cm³/mol. The summed E-state index contributed by atoms with van der Waals surface area (Å²) in [6.45, 7) is 6.19. The van der Waals surface area contributed by atoms with Crippen molar-refractivity contribution >= 4 is 15.9 Å². The van der Waals surface area contributed by atoms with Gasteiger partial charge >= 0.3 is 0 Å². The van der Waals surface area contributed by atoms with Gasteiger partial charge in [-0.1, -0.05) is 44.2 Å². The van der Waals surface area contributed by atoms with Gasteiger partial charge in [-0.25, -0.2) is 12.7 Å². The zero-order chi connectivity index (χ0) is 18.0. The summed E-state index contributed by atoms with van der Waals surface area (Å²) in [6, 6.07) is 10.0. The maximum absolute atomic E-state index is 12.9. The molecular weight excluding hydrogens is 336 g/mol. The van der Waals surface area contributed by atoms with Gasteiger partial charge in [0.05, 0.1) is 5.25 Å². The molecule has 2 atom stereocenters. The van der Waals surface area contributed by atoms with Crippen LogP contribution in [0.3, 0.4) is 0 Å². The Labute approximate surface area is 151 Å². The van der Waals surface area contributed by atoms with Gasteiger partial charge in [0.15, 0.2) is 0 Å². The Kier molecular flexibility index (Phi) is 5.49. The van der Waals surface area contributed by atoms with Crippen molar-refractivity contribution in [1.29, 1.82) is 0 Å². The van der Waals surface area contributed by atoms with E-state index in [1.165, 1.54) is 5.56 Å². The van der Waals surface area contributed by atoms with Crippen LogP contribution in [0.5, 0.6) is 0 Å². The van der Waals surface area contributed by atoms with E-state index < -0.39 is 10.0 Å². The molecule has 0 spiro atoms. The molecule has 2 heterocycles. The van der Waals surface area contributed by atoms with E-state index in [2.05, 4.69) is 0 Å². The second kappa shape index (κ2) is 7.46. The van der Waals surface area contributed by atoms with E-state index in [4.69, 9.17) is 0 Å². The van der Waals surface area contributed by atoms with Gasteiger partial charge < -0.3 is 4.90 Å². The van der Waals surface area contributed by atoms with E-state index in [-0.39, 0.29) is 23.0 Å². The number of carbonyl (C=O) groups is 1. The number of likely N-dealkylation sites (tertiary alicyclic amines) is 1. The molecule has 0 saturated carbocycles. The molecule has 0 aromatic heterocycles. The minimum Gasteiger partial charge on any atom is -0.342 e. The highest BCUT2D eigenvalue weighted by Gasteiger charge is 2.46. The van der Waals surface area contributed by atoms with Crippen LogP contribution in [0.1, 0.15) is 32.3 Å². The predicted octanol–water partition coefficient (Wildman–Crippen LogP) is 2.14. The minimum atomic E-state index is -3.26. The summed E-state index contributed by atoms with van der Waals surface area (Å²) < 4.78 is 27.5. The molecule has 3 rings (SSSR count). The number of rotatable bonds is 4. The van der Waals surface area contributed by atoms with Gasteiger partial charge in [-0.05, 0) is 30.7 Å². The first-order chi connectivity index (χ1) is 11.9. The smallest absolute Gasteiger partial charge is 0.225 e. The maximum Gasteiger partial charge on any atom is 0.225 e. The molecule has 1 amide bonds.